The normalized spacial score (nSPS) is 28.2. The number of Topliss-reactive ketones (excluding diaryl/α,β-unsaturated/α-hetero) is 1. The van der Waals surface area contributed by atoms with Crippen molar-refractivity contribution in [3.05, 3.63) is 28.2 Å². The van der Waals surface area contributed by atoms with E-state index in [0.717, 1.165) is 45.4 Å². The van der Waals surface area contributed by atoms with Gasteiger partial charge >= 0.3 is 0 Å². The van der Waals surface area contributed by atoms with Gasteiger partial charge in [0, 0.05) is 8.40 Å². The van der Waals surface area contributed by atoms with Gasteiger partial charge in [0.2, 0.25) is 0 Å². The van der Waals surface area contributed by atoms with Crippen LogP contribution in [0.4, 0.5) is 0 Å². The molecule has 0 N–H and O–H groups in total. The van der Waals surface area contributed by atoms with Crippen molar-refractivity contribution in [1.29, 1.82) is 0 Å². The molecule has 1 fully saturated rings. The van der Waals surface area contributed by atoms with E-state index in [1.807, 2.05) is 32.0 Å². The number of hydrogen-bond acceptors (Lipinski definition) is 2. The van der Waals surface area contributed by atoms with E-state index < -0.39 is 0 Å². The summed E-state index contributed by atoms with van der Waals surface area (Å²) in [4.78, 5) is 12.3. The molecule has 0 bridgehead atoms. The van der Waals surface area contributed by atoms with Crippen LogP contribution in [0.1, 0.15) is 56.3 Å². The Balaban J connectivity index is 0.000000704. The fraction of sp³-hybridized carbons (Fsp3) is 0.562. The Bertz CT molecular complexity index is 493. The van der Waals surface area contributed by atoms with Gasteiger partial charge in [-0.05, 0) is 43.9 Å². The van der Waals surface area contributed by atoms with E-state index in [1.165, 1.54) is 0 Å². The van der Waals surface area contributed by atoms with Crippen LogP contribution in [0.15, 0.2) is 22.7 Å². The molecule has 110 valence electrons. The Kier molecular flexibility index (Phi) is 5.51. The van der Waals surface area contributed by atoms with Crippen molar-refractivity contribution in [1.82, 2.24) is 0 Å². The summed E-state index contributed by atoms with van der Waals surface area (Å²) in [6.45, 7) is 4.00. The quantitative estimate of drug-likeness (QED) is 0.382. The number of fused-ring (bicyclic) bond motifs is 1. The van der Waals surface area contributed by atoms with Gasteiger partial charge in [-0.2, -0.15) is 0 Å². The molecular formula is C16H20BrIO2. The Hall–Kier alpha value is -0.100. The summed E-state index contributed by atoms with van der Waals surface area (Å²) in [5.74, 6) is 0.991. The number of hydrogen-bond donors (Lipinski definition) is 0. The molecule has 0 amide bonds. The van der Waals surface area contributed by atoms with E-state index in [0.29, 0.717) is 6.42 Å². The highest BCUT2D eigenvalue weighted by molar-refractivity contribution is 14.1. The lowest BCUT2D eigenvalue weighted by molar-refractivity contribution is 0.0156. The van der Waals surface area contributed by atoms with Crippen molar-refractivity contribution in [2.45, 2.75) is 55.5 Å². The first kappa shape index (κ1) is 16.3. The number of carbonyl (C=O) groups is 1. The minimum atomic E-state index is -0.223. The maximum atomic E-state index is 12.3. The van der Waals surface area contributed by atoms with Gasteiger partial charge in [0.05, 0.1) is 12.0 Å². The number of rotatable bonds is 0. The predicted octanol–water partition coefficient (Wildman–Crippen LogP) is 5.56. The number of ketones is 1. The zero-order valence-corrected chi connectivity index (χ0v) is 15.7. The van der Waals surface area contributed by atoms with Gasteiger partial charge < -0.3 is 4.74 Å². The molecule has 0 atom stereocenters. The molecule has 1 aromatic rings. The van der Waals surface area contributed by atoms with Crippen LogP contribution in [0.2, 0.25) is 0 Å². The first-order chi connectivity index (χ1) is 9.58. The highest BCUT2D eigenvalue weighted by atomic mass is 127. The summed E-state index contributed by atoms with van der Waals surface area (Å²) in [5.41, 5.74) is 0.506. The van der Waals surface area contributed by atoms with Crippen LogP contribution in [0.5, 0.6) is 5.75 Å². The number of alkyl halides is 1. The first-order valence-corrected chi connectivity index (χ1v) is 9.28. The lowest BCUT2D eigenvalue weighted by Crippen LogP contribution is -2.45. The maximum Gasteiger partial charge on any atom is 0.170 e. The molecule has 1 aliphatic heterocycles. The Morgan fingerprint density at radius 2 is 1.95 bits per heavy atom. The third kappa shape index (κ3) is 3.38. The fourth-order valence-electron chi connectivity index (χ4n) is 2.85. The molecule has 20 heavy (non-hydrogen) atoms. The molecule has 1 aliphatic carbocycles. The number of halogens is 2. The molecule has 3 rings (SSSR count). The highest BCUT2D eigenvalue weighted by Gasteiger charge is 2.42. The highest BCUT2D eigenvalue weighted by Crippen LogP contribution is 2.43. The average molecular weight is 451 g/mol. The molecule has 0 aromatic heterocycles. The van der Waals surface area contributed by atoms with Gasteiger partial charge in [0.15, 0.2) is 5.78 Å². The molecule has 4 heteroatoms. The molecule has 0 radical (unpaired) electrons. The lowest BCUT2D eigenvalue weighted by Gasteiger charge is -2.41. The van der Waals surface area contributed by atoms with Gasteiger partial charge in [-0.3, -0.25) is 4.79 Å². The van der Waals surface area contributed by atoms with Crippen molar-refractivity contribution in [2.75, 3.05) is 0 Å². The van der Waals surface area contributed by atoms with E-state index in [9.17, 15) is 4.79 Å². The van der Waals surface area contributed by atoms with Gasteiger partial charge in [-0.1, -0.05) is 52.4 Å². The van der Waals surface area contributed by atoms with Crippen molar-refractivity contribution < 1.29 is 9.53 Å². The summed E-state index contributed by atoms with van der Waals surface area (Å²) in [6, 6.07) is 5.72. The second-order valence-electron chi connectivity index (χ2n) is 5.20. The third-order valence-corrected chi connectivity index (χ3v) is 5.62. The van der Waals surface area contributed by atoms with E-state index in [2.05, 4.69) is 38.5 Å². The van der Waals surface area contributed by atoms with Crippen LogP contribution >= 0.6 is 38.5 Å². The molecule has 1 spiro atoms. The van der Waals surface area contributed by atoms with Crippen LogP contribution in [0, 0.1) is 0 Å². The van der Waals surface area contributed by atoms with Crippen LogP contribution in [0.3, 0.4) is 0 Å². The molecular weight excluding hydrogens is 431 g/mol. The van der Waals surface area contributed by atoms with Gasteiger partial charge in [0.25, 0.3) is 0 Å². The lowest BCUT2D eigenvalue weighted by atomic mass is 9.78. The Morgan fingerprint density at radius 3 is 2.60 bits per heavy atom. The maximum absolute atomic E-state index is 12.3. The zero-order valence-electron chi connectivity index (χ0n) is 11.9. The topological polar surface area (TPSA) is 26.3 Å². The molecule has 1 saturated carbocycles. The molecule has 0 saturated heterocycles. The summed E-state index contributed by atoms with van der Waals surface area (Å²) >= 11 is 5.90. The Morgan fingerprint density at radius 1 is 1.30 bits per heavy atom. The predicted molar refractivity (Wildman–Crippen MR) is 94.1 cm³/mol. The first-order valence-electron chi connectivity index (χ1n) is 7.24. The standard InChI is InChI=1S/C14H14BrIO2.C2H6/c15-9-1-2-13-11(7-9)12(17)8-14(18-13)5-3-10(16)4-6-14;1-2/h1-2,7,10H,3-6,8H2;1-2H3. The minimum Gasteiger partial charge on any atom is -0.486 e. The van der Waals surface area contributed by atoms with Crippen LogP contribution in [0.25, 0.3) is 0 Å². The number of benzene rings is 1. The van der Waals surface area contributed by atoms with Crippen molar-refractivity contribution in [2.24, 2.45) is 0 Å². The van der Waals surface area contributed by atoms with Gasteiger partial charge in [-0.15, -0.1) is 0 Å². The summed E-state index contributed by atoms with van der Waals surface area (Å²) in [5, 5.41) is 0. The van der Waals surface area contributed by atoms with E-state index >= 15 is 0 Å². The Labute approximate surface area is 142 Å². The zero-order chi connectivity index (χ0) is 14.8. The van der Waals surface area contributed by atoms with Crippen LogP contribution < -0.4 is 4.74 Å². The monoisotopic (exact) mass is 450 g/mol. The largest absolute Gasteiger partial charge is 0.486 e. The van der Waals surface area contributed by atoms with E-state index in [1.54, 1.807) is 0 Å². The van der Waals surface area contributed by atoms with Crippen molar-refractivity contribution >= 4 is 44.3 Å². The number of carbonyl (C=O) groups excluding carboxylic acids is 1. The van der Waals surface area contributed by atoms with Crippen LogP contribution in [-0.4, -0.2) is 15.3 Å². The van der Waals surface area contributed by atoms with Crippen molar-refractivity contribution in [3.63, 3.8) is 0 Å². The van der Waals surface area contributed by atoms with Crippen molar-refractivity contribution in [3.8, 4) is 5.75 Å². The molecule has 2 aliphatic rings. The van der Waals surface area contributed by atoms with E-state index in [-0.39, 0.29) is 11.4 Å². The van der Waals surface area contributed by atoms with Crippen LogP contribution in [-0.2, 0) is 0 Å². The fourth-order valence-corrected chi connectivity index (χ4v) is 3.84. The third-order valence-electron chi connectivity index (χ3n) is 3.88. The SMILES string of the molecule is CC.O=C1CC2(CCC(I)CC2)Oc2ccc(Br)cc21. The second-order valence-corrected chi connectivity index (χ2v) is 7.88. The summed E-state index contributed by atoms with van der Waals surface area (Å²) < 4.78 is 7.86. The molecule has 0 unspecified atom stereocenters. The van der Waals surface area contributed by atoms with Gasteiger partial charge in [-0.25, -0.2) is 0 Å². The molecule has 1 heterocycles. The smallest absolute Gasteiger partial charge is 0.170 e. The summed E-state index contributed by atoms with van der Waals surface area (Å²) in [6.07, 6.45) is 4.85. The molecule has 1 aromatic carbocycles. The summed E-state index contributed by atoms with van der Waals surface area (Å²) in [7, 11) is 0. The number of ether oxygens (including phenoxy) is 1. The van der Waals surface area contributed by atoms with E-state index in [4.69, 9.17) is 4.74 Å². The second kappa shape index (κ2) is 6.77. The average Bonchev–Trinajstić information content (AvgIpc) is 2.46. The molecule has 2 nitrogen and oxygen atoms in total. The van der Waals surface area contributed by atoms with Gasteiger partial charge in [0.1, 0.15) is 11.4 Å². The minimum absolute atomic E-state index is 0.223.